The molecule has 0 saturated carbocycles. The highest BCUT2D eigenvalue weighted by Crippen LogP contribution is 2.28. The summed E-state index contributed by atoms with van der Waals surface area (Å²) in [5, 5.41) is 6.76. The van der Waals surface area contributed by atoms with Crippen LogP contribution in [0.15, 0.2) is 95.7 Å². The second kappa shape index (κ2) is 13.4. The minimum atomic E-state index is -0.931. The Bertz CT molecular complexity index is 1270. The lowest BCUT2D eigenvalue weighted by Gasteiger charge is -2.27. The first-order valence-electron chi connectivity index (χ1n) is 12.5. The summed E-state index contributed by atoms with van der Waals surface area (Å²) in [6, 6.07) is 27.2. The van der Waals surface area contributed by atoms with Crippen molar-refractivity contribution in [2.24, 2.45) is 0 Å². The zero-order valence-electron chi connectivity index (χ0n) is 21.6. The molecule has 0 spiro atoms. The van der Waals surface area contributed by atoms with Crippen LogP contribution >= 0.6 is 11.3 Å². The summed E-state index contributed by atoms with van der Waals surface area (Å²) in [4.78, 5) is 29.3. The molecule has 0 aliphatic heterocycles. The molecule has 2 amide bonds. The number of amides is 2. The quantitative estimate of drug-likeness (QED) is 0.249. The minimum Gasteiger partial charge on any atom is -0.493 e. The normalized spacial score (nSPS) is 11.4. The Morgan fingerprint density at radius 2 is 1.45 bits per heavy atom. The molecule has 0 aliphatic rings. The van der Waals surface area contributed by atoms with Gasteiger partial charge >= 0.3 is 0 Å². The maximum Gasteiger partial charge on any atom is 0.240 e. The fourth-order valence-corrected chi connectivity index (χ4v) is 5.00. The van der Waals surface area contributed by atoms with Gasteiger partial charge < -0.3 is 19.7 Å². The Kier molecular flexibility index (Phi) is 9.54. The van der Waals surface area contributed by atoms with Gasteiger partial charge in [0.15, 0.2) is 11.5 Å². The van der Waals surface area contributed by atoms with Gasteiger partial charge in [0, 0.05) is 19.6 Å². The third-order valence-electron chi connectivity index (χ3n) is 6.29. The molecular weight excluding hydrogens is 496 g/mol. The van der Waals surface area contributed by atoms with E-state index in [0.29, 0.717) is 43.1 Å². The van der Waals surface area contributed by atoms with Gasteiger partial charge in [0.1, 0.15) is 5.92 Å². The van der Waals surface area contributed by atoms with E-state index in [2.05, 4.69) is 5.32 Å². The molecule has 4 aromatic rings. The highest BCUT2D eigenvalue weighted by atomic mass is 32.1. The summed E-state index contributed by atoms with van der Waals surface area (Å²) in [6.45, 7) is 1.21. The molecule has 1 heterocycles. The monoisotopic (exact) mass is 528 g/mol. The maximum absolute atomic E-state index is 14.0. The van der Waals surface area contributed by atoms with Crippen LogP contribution in [0.1, 0.15) is 28.2 Å². The largest absolute Gasteiger partial charge is 0.493 e. The molecule has 0 aliphatic carbocycles. The molecule has 1 N–H and O–H groups in total. The molecule has 4 rings (SSSR count). The van der Waals surface area contributed by atoms with Gasteiger partial charge in [-0.3, -0.25) is 9.59 Å². The lowest BCUT2D eigenvalue weighted by Crippen LogP contribution is -2.42. The molecule has 1 unspecified atom stereocenters. The number of rotatable bonds is 12. The number of carbonyl (C=O) groups is 2. The van der Waals surface area contributed by atoms with Crippen molar-refractivity contribution in [2.45, 2.75) is 25.4 Å². The van der Waals surface area contributed by atoms with Crippen LogP contribution in [0, 0.1) is 0 Å². The van der Waals surface area contributed by atoms with Crippen LogP contribution in [-0.2, 0) is 29.1 Å². The van der Waals surface area contributed by atoms with Gasteiger partial charge in [-0.1, -0.05) is 66.7 Å². The van der Waals surface area contributed by atoms with Crippen molar-refractivity contribution in [2.75, 3.05) is 20.8 Å². The summed E-state index contributed by atoms with van der Waals surface area (Å²) >= 11 is 1.47. The molecule has 0 saturated heterocycles. The fourth-order valence-electron chi connectivity index (χ4n) is 4.32. The zero-order chi connectivity index (χ0) is 26.7. The van der Waals surface area contributed by atoms with Crippen LogP contribution in [0.2, 0.25) is 0 Å². The van der Waals surface area contributed by atoms with Crippen LogP contribution in [-0.4, -0.2) is 37.5 Å². The van der Waals surface area contributed by atoms with E-state index >= 15 is 0 Å². The Hall–Kier alpha value is -4.10. The smallest absolute Gasteiger partial charge is 0.240 e. The second-order valence-electron chi connectivity index (χ2n) is 8.89. The number of carbonyl (C=O) groups excluding carboxylic acids is 2. The van der Waals surface area contributed by atoms with Gasteiger partial charge in [0.05, 0.1) is 14.2 Å². The van der Waals surface area contributed by atoms with Crippen LogP contribution in [0.3, 0.4) is 0 Å². The molecule has 6 nitrogen and oxygen atoms in total. The fraction of sp³-hybridized carbons (Fsp3) is 0.226. The topological polar surface area (TPSA) is 67.9 Å². The summed E-state index contributed by atoms with van der Waals surface area (Å²) in [5.41, 5.74) is 3.72. The number of methoxy groups -OCH3 is 2. The van der Waals surface area contributed by atoms with E-state index in [1.807, 2.05) is 95.7 Å². The van der Waals surface area contributed by atoms with E-state index in [-0.39, 0.29) is 11.8 Å². The second-order valence-corrected chi connectivity index (χ2v) is 9.67. The molecular formula is C31H32N2O4S. The molecule has 0 radical (unpaired) electrons. The number of hydrogen-bond acceptors (Lipinski definition) is 5. The van der Waals surface area contributed by atoms with E-state index in [1.165, 1.54) is 11.3 Å². The minimum absolute atomic E-state index is 0.222. The van der Waals surface area contributed by atoms with Crippen molar-refractivity contribution in [3.63, 3.8) is 0 Å². The van der Waals surface area contributed by atoms with E-state index in [4.69, 9.17) is 9.47 Å². The number of nitrogens with one attached hydrogen (secondary N) is 1. The van der Waals surface area contributed by atoms with E-state index in [9.17, 15) is 9.59 Å². The predicted octanol–water partition coefficient (Wildman–Crippen LogP) is 5.44. The van der Waals surface area contributed by atoms with Gasteiger partial charge in [-0.15, -0.1) is 0 Å². The van der Waals surface area contributed by atoms with Crippen molar-refractivity contribution < 1.29 is 19.1 Å². The van der Waals surface area contributed by atoms with Gasteiger partial charge in [0.25, 0.3) is 0 Å². The molecule has 38 heavy (non-hydrogen) atoms. The summed E-state index contributed by atoms with van der Waals surface area (Å²) in [7, 11) is 3.19. The van der Waals surface area contributed by atoms with Gasteiger partial charge in [-0.2, -0.15) is 11.3 Å². The third kappa shape index (κ3) is 7.01. The molecule has 0 fully saturated rings. The van der Waals surface area contributed by atoms with Gasteiger partial charge in [-0.05, 0) is 57.6 Å². The number of thiophene rings is 1. The molecule has 196 valence electrons. The van der Waals surface area contributed by atoms with Crippen LogP contribution < -0.4 is 14.8 Å². The molecule has 1 atom stereocenters. The summed E-state index contributed by atoms with van der Waals surface area (Å²) in [5.74, 6) is -0.167. The van der Waals surface area contributed by atoms with Crippen molar-refractivity contribution >= 4 is 23.2 Å². The van der Waals surface area contributed by atoms with Crippen LogP contribution in [0.25, 0.3) is 0 Å². The SMILES string of the molecule is COc1ccc(CCNC(=O)C(C(=O)N(Cc2ccccc2)Cc2ccccc2)c2ccsc2)cc1OC. The highest BCUT2D eigenvalue weighted by molar-refractivity contribution is 7.08. The molecule has 7 heteroatoms. The van der Waals surface area contributed by atoms with Crippen molar-refractivity contribution in [3.05, 3.63) is 118 Å². The first kappa shape index (κ1) is 26.9. The third-order valence-corrected chi connectivity index (χ3v) is 6.99. The molecule has 0 bridgehead atoms. The average molecular weight is 529 g/mol. The Morgan fingerprint density at radius 1 is 0.816 bits per heavy atom. The van der Waals surface area contributed by atoms with E-state index in [0.717, 1.165) is 16.7 Å². The van der Waals surface area contributed by atoms with Gasteiger partial charge in [-0.25, -0.2) is 0 Å². The van der Waals surface area contributed by atoms with Crippen molar-refractivity contribution in [1.82, 2.24) is 10.2 Å². The Morgan fingerprint density at radius 3 is 2.00 bits per heavy atom. The molecule has 1 aromatic heterocycles. The Balaban J connectivity index is 1.52. The standard InChI is InChI=1S/C31H32N2O4S/c1-36-27-14-13-23(19-28(27)37-2)15-17-32-30(34)29(26-16-18-38-22-26)31(35)33(20-24-9-5-3-6-10-24)21-25-11-7-4-8-12-25/h3-14,16,18-19,22,29H,15,17,20-21H2,1-2H3,(H,32,34). The number of ether oxygens (including phenoxy) is 2. The predicted molar refractivity (Wildman–Crippen MR) is 150 cm³/mol. The number of hydrogen-bond donors (Lipinski definition) is 1. The average Bonchev–Trinajstić information content (AvgIpc) is 3.48. The number of nitrogens with zero attached hydrogens (tertiary/aromatic N) is 1. The Labute approximate surface area is 227 Å². The maximum atomic E-state index is 14.0. The summed E-state index contributed by atoms with van der Waals surface area (Å²) in [6.07, 6.45) is 0.592. The van der Waals surface area contributed by atoms with Crippen LogP contribution in [0.4, 0.5) is 0 Å². The lowest BCUT2D eigenvalue weighted by atomic mass is 9.98. The zero-order valence-corrected chi connectivity index (χ0v) is 22.4. The van der Waals surface area contributed by atoms with Crippen molar-refractivity contribution in [3.8, 4) is 11.5 Å². The van der Waals surface area contributed by atoms with Crippen LogP contribution in [0.5, 0.6) is 11.5 Å². The van der Waals surface area contributed by atoms with Gasteiger partial charge in [0.2, 0.25) is 11.8 Å². The first-order chi connectivity index (χ1) is 18.6. The lowest BCUT2D eigenvalue weighted by molar-refractivity contribution is -0.139. The number of benzene rings is 3. The van der Waals surface area contributed by atoms with E-state index in [1.54, 1.807) is 19.1 Å². The first-order valence-corrected chi connectivity index (χ1v) is 13.4. The van der Waals surface area contributed by atoms with Crippen molar-refractivity contribution in [1.29, 1.82) is 0 Å². The highest BCUT2D eigenvalue weighted by Gasteiger charge is 2.32. The summed E-state index contributed by atoms with van der Waals surface area (Å²) < 4.78 is 10.7. The molecule has 3 aromatic carbocycles. The van der Waals surface area contributed by atoms with E-state index < -0.39 is 5.92 Å².